The lowest BCUT2D eigenvalue weighted by molar-refractivity contribution is 0.0318. The summed E-state index contributed by atoms with van der Waals surface area (Å²) in [6.07, 6.45) is 1.13. The molecule has 0 saturated carbocycles. The van der Waals surface area contributed by atoms with Crippen molar-refractivity contribution in [3.63, 3.8) is 0 Å². The number of anilines is 2. The maximum Gasteiger partial charge on any atom is 0.142 e. The van der Waals surface area contributed by atoms with Crippen molar-refractivity contribution < 1.29 is 9.47 Å². The van der Waals surface area contributed by atoms with Crippen LogP contribution in [-0.4, -0.2) is 25.9 Å². The molecule has 16 heavy (non-hydrogen) atoms. The highest BCUT2D eigenvalue weighted by molar-refractivity contribution is 5.63. The highest BCUT2D eigenvalue weighted by Gasteiger charge is 2.16. The van der Waals surface area contributed by atoms with Crippen LogP contribution < -0.4 is 15.8 Å². The first-order valence-electron chi connectivity index (χ1n) is 5.67. The number of nitrogens with two attached hydrogens (primary N) is 1. The number of benzene rings is 1. The van der Waals surface area contributed by atoms with E-state index in [1.165, 1.54) is 0 Å². The van der Waals surface area contributed by atoms with Crippen molar-refractivity contribution in [2.75, 3.05) is 30.8 Å². The molecule has 0 saturated heterocycles. The predicted molar refractivity (Wildman–Crippen MR) is 64.9 cm³/mol. The Morgan fingerprint density at radius 1 is 1.56 bits per heavy atom. The van der Waals surface area contributed by atoms with Crippen LogP contribution >= 0.6 is 0 Å². The number of nitrogens with one attached hydrogen (secondary N) is 1. The fourth-order valence-electron chi connectivity index (χ4n) is 1.67. The first-order chi connectivity index (χ1) is 7.79. The predicted octanol–water partition coefficient (Wildman–Crippen LogP) is 1.87. The lowest BCUT2D eigenvalue weighted by atomic mass is 10.2. The fourth-order valence-corrected chi connectivity index (χ4v) is 1.67. The van der Waals surface area contributed by atoms with E-state index >= 15 is 0 Å². The van der Waals surface area contributed by atoms with Crippen LogP contribution in [0.15, 0.2) is 18.2 Å². The molecule has 1 aromatic rings. The Labute approximate surface area is 95.7 Å². The Kier molecular flexibility index (Phi) is 3.51. The maximum atomic E-state index is 5.72. The van der Waals surface area contributed by atoms with Gasteiger partial charge in [-0.05, 0) is 24.6 Å². The van der Waals surface area contributed by atoms with Gasteiger partial charge in [-0.1, -0.05) is 6.92 Å². The molecule has 4 nitrogen and oxygen atoms in total. The summed E-state index contributed by atoms with van der Waals surface area (Å²) < 4.78 is 11.3. The van der Waals surface area contributed by atoms with Gasteiger partial charge in [0.05, 0.1) is 5.69 Å². The van der Waals surface area contributed by atoms with E-state index in [0.29, 0.717) is 6.61 Å². The van der Waals surface area contributed by atoms with Crippen molar-refractivity contribution in [3.05, 3.63) is 18.2 Å². The molecule has 2 rings (SSSR count). The standard InChI is InChI=1S/C12H18N2O2/c1-2-5-15-10-7-14-11-6-9(13)3-4-12(11)16-8-10/h3-4,6,10,14H,2,5,7-8,13H2,1H3/t10-/m1/s1. The van der Waals surface area contributed by atoms with Crippen molar-refractivity contribution in [3.8, 4) is 5.75 Å². The molecule has 1 heterocycles. The molecule has 4 heteroatoms. The Hall–Kier alpha value is -1.42. The Morgan fingerprint density at radius 3 is 3.25 bits per heavy atom. The van der Waals surface area contributed by atoms with Gasteiger partial charge in [-0.3, -0.25) is 0 Å². The van der Waals surface area contributed by atoms with Gasteiger partial charge < -0.3 is 20.5 Å². The molecule has 0 amide bonds. The molecule has 1 aliphatic heterocycles. The van der Waals surface area contributed by atoms with Crippen molar-refractivity contribution in [2.45, 2.75) is 19.4 Å². The minimum atomic E-state index is 0.105. The third-order valence-corrected chi connectivity index (χ3v) is 2.51. The summed E-state index contributed by atoms with van der Waals surface area (Å²) in [6, 6.07) is 5.62. The molecule has 0 fully saturated rings. The highest BCUT2D eigenvalue weighted by Crippen LogP contribution is 2.28. The van der Waals surface area contributed by atoms with E-state index in [4.69, 9.17) is 15.2 Å². The van der Waals surface area contributed by atoms with Crippen LogP contribution in [0.3, 0.4) is 0 Å². The third-order valence-electron chi connectivity index (χ3n) is 2.51. The number of hydrogen-bond donors (Lipinski definition) is 2. The van der Waals surface area contributed by atoms with Gasteiger partial charge in [0.25, 0.3) is 0 Å². The minimum Gasteiger partial charge on any atom is -0.489 e. The van der Waals surface area contributed by atoms with Crippen molar-refractivity contribution in [1.82, 2.24) is 0 Å². The molecule has 0 unspecified atom stereocenters. The molecular formula is C12H18N2O2. The van der Waals surface area contributed by atoms with Gasteiger partial charge in [-0.25, -0.2) is 0 Å². The van der Waals surface area contributed by atoms with Crippen LogP contribution in [0, 0.1) is 0 Å². The number of nitrogen functional groups attached to an aromatic ring is 1. The van der Waals surface area contributed by atoms with Crippen molar-refractivity contribution in [2.24, 2.45) is 0 Å². The van der Waals surface area contributed by atoms with Crippen LogP contribution in [0.1, 0.15) is 13.3 Å². The first-order valence-corrected chi connectivity index (χ1v) is 5.67. The molecule has 0 aliphatic carbocycles. The molecular weight excluding hydrogens is 204 g/mol. The summed E-state index contributed by atoms with van der Waals surface area (Å²) in [6.45, 7) is 4.22. The maximum absolute atomic E-state index is 5.72. The lowest BCUT2D eigenvalue weighted by Crippen LogP contribution is -2.27. The highest BCUT2D eigenvalue weighted by atomic mass is 16.5. The summed E-state index contributed by atoms with van der Waals surface area (Å²) in [5, 5.41) is 3.29. The van der Waals surface area contributed by atoms with Gasteiger partial charge >= 0.3 is 0 Å². The molecule has 1 aromatic carbocycles. The van der Waals surface area contributed by atoms with Crippen molar-refractivity contribution >= 4 is 11.4 Å². The van der Waals surface area contributed by atoms with Crippen LogP contribution in [-0.2, 0) is 4.74 Å². The van der Waals surface area contributed by atoms with Crippen LogP contribution in [0.2, 0.25) is 0 Å². The van der Waals surface area contributed by atoms with E-state index < -0.39 is 0 Å². The second-order valence-corrected chi connectivity index (χ2v) is 3.94. The largest absolute Gasteiger partial charge is 0.489 e. The summed E-state index contributed by atoms with van der Waals surface area (Å²) in [7, 11) is 0. The number of fused-ring (bicyclic) bond motifs is 1. The fraction of sp³-hybridized carbons (Fsp3) is 0.500. The van der Waals surface area contributed by atoms with Crippen LogP contribution in [0.5, 0.6) is 5.75 Å². The summed E-state index contributed by atoms with van der Waals surface area (Å²) in [5.41, 5.74) is 7.41. The van der Waals surface area contributed by atoms with Crippen LogP contribution in [0.4, 0.5) is 11.4 Å². The molecule has 0 aromatic heterocycles. The molecule has 1 atom stereocenters. The van der Waals surface area contributed by atoms with Crippen molar-refractivity contribution in [1.29, 1.82) is 0 Å². The summed E-state index contributed by atoms with van der Waals surface area (Å²) >= 11 is 0. The summed E-state index contributed by atoms with van der Waals surface area (Å²) in [5.74, 6) is 0.844. The van der Waals surface area contributed by atoms with E-state index in [0.717, 1.165) is 36.7 Å². The SMILES string of the molecule is CCCO[C@@H]1CNc2cc(N)ccc2OC1. The molecule has 88 valence electrons. The number of ether oxygens (including phenoxy) is 2. The lowest BCUT2D eigenvalue weighted by Gasteiger charge is -2.14. The van der Waals surface area contributed by atoms with E-state index in [-0.39, 0.29) is 6.10 Å². The zero-order valence-electron chi connectivity index (χ0n) is 9.53. The van der Waals surface area contributed by atoms with E-state index in [1.807, 2.05) is 18.2 Å². The van der Waals surface area contributed by atoms with E-state index in [9.17, 15) is 0 Å². The molecule has 3 N–H and O–H groups in total. The van der Waals surface area contributed by atoms with Gasteiger partial charge in [0, 0.05) is 18.8 Å². The van der Waals surface area contributed by atoms with E-state index in [1.54, 1.807) is 0 Å². The Morgan fingerprint density at radius 2 is 2.44 bits per heavy atom. The zero-order valence-corrected chi connectivity index (χ0v) is 9.53. The second kappa shape index (κ2) is 5.07. The quantitative estimate of drug-likeness (QED) is 0.766. The monoisotopic (exact) mass is 222 g/mol. The van der Waals surface area contributed by atoms with Gasteiger partial charge in [0.1, 0.15) is 18.5 Å². The Balaban J connectivity index is 2.01. The average molecular weight is 222 g/mol. The third kappa shape index (κ3) is 2.58. The molecule has 0 radical (unpaired) electrons. The number of rotatable bonds is 3. The molecule has 1 aliphatic rings. The van der Waals surface area contributed by atoms with Crippen LogP contribution in [0.25, 0.3) is 0 Å². The smallest absolute Gasteiger partial charge is 0.142 e. The normalized spacial score (nSPS) is 19.2. The second-order valence-electron chi connectivity index (χ2n) is 3.94. The molecule has 0 bridgehead atoms. The average Bonchev–Trinajstić information content (AvgIpc) is 2.48. The van der Waals surface area contributed by atoms with Gasteiger partial charge in [0.2, 0.25) is 0 Å². The van der Waals surface area contributed by atoms with Gasteiger partial charge in [0.15, 0.2) is 0 Å². The Bertz CT molecular complexity index is 355. The van der Waals surface area contributed by atoms with Gasteiger partial charge in [-0.15, -0.1) is 0 Å². The van der Waals surface area contributed by atoms with Gasteiger partial charge in [-0.2, -0.15) is 0 Å². The topological polar surface area (TPSA) is 56.5 Å². The summed E-state index contributed by atoms with van der Waals surface area (Å²) in [4.78, 5) is 0. The number of hydrogen-bond acceptors (Lipinski definition) is 4. The van der Waals surface area contributed by atoms with E-state index in [2.05, 4.69) is 12.2 Å². The first kappa shape index (κ1) is 11.1. The minimum absolute atomic E-state index is 0.105. The molecule has 0 spiro atoms. The zero-order chi connectivity index (χ0) is 11.4.